The number of nitrogens with one attached hydrogen (secondary N) is 1. The summed E-state index contributed by atoms with van der Waals surface area (Å²) in [6.45, 7) is 3.69. The van der Waals surface area contributed by atoms with Crippen LogP contribution in [-0.2, 0) is 11.2 Å². The number of hydrogen-bond acceptors (Lipinski definition) is 7. The van der Waals surface area contributed by atoms with E-state index in [9.17, 15) is 14.7 Å². The first-order valence-electron chi connectivity index (χ1n) is 9.67. The Balaban J connectivity index is 1.61. The van der Waals surface area contributed by atoms with Crippen LogP contribution in [0.1, 0.15) is 18.1 Å². The summed E-state index contributed by atoms with van der Waals surface area (Å²) in [4.78, 5) is 34.2. The summed E-state index contributed by atoms with van der Waals surface area (Å²) in [5, 5.41) is 13.8. The fraction of sp³-hybridized carbons (Fsp3) is 0.182. The number of aromatic hydroxyl groups is 1. The van der Waals surface area contributed by atoms with Crippen LogP contribution in [-0.4, -0.2) is 31.3 Å². The van der Waals surface area contributed by atoms with Gasteiger partial charge >= 0.3 is 0 Å². The van der Waals surface area contributed by atoms with Crippen molar-refractivity contribution in [3.05, 3.63) is 70.0 Å². The standard InChI is InChI=1S/C22H20N4O3S2/c1-3-14-19(28)25-22(26(20(14)29)16-10-6-4-8-13(16)2)30-12-18(27)24-21-23-15-9-5-7-11-17(15)31-21/h4-11,28H,3,12H2,1-2H3,(H,23,24,27). The number of aryl methyl sites for hydroxylation is 1. The molecule has 2 N–H and O–H groups in total. The number of rotatable bonds is 6. The minimum absolute atomic E-state index is 0.0131. The number of aromatic nitrogens is 3. The van der Waals surface area contributed by atoms with Crippen molar-refractivity contribution in [2.24, 2.45) is 0 Å². The van der Waals surface area contributed by atoms with E-state index in [4.69, 9.17) is 0 Å². The highest BCUT2D eigenvalue weighted by Gasteiger charge is 2.19. The Morgan fingerprint density at radius 3 is 2.65 bits per heavy atom. The van der Waals surface area contributed by atoms with Gasteiger partial charge < -0.3 is 10.4 Å². The average molecular weight is 453 g/mol. The Bertz CT molecular complexity index is 1300. The third-order valence-corrected chi connectivity index (χ3v) is 6.60. The maximum Gasteiger partial charge on any atom is 0.265 e. The van der Waals surface area contributed by atoms with E-state index in [1.807, 2.05) is 55.5 Å². The summed E-state index contributed by atoms with van der Waals surface area (Å²) in [7, 11) is 0. The molecule has 4 aromatic rings. The molecular formula is C22H20N4O3S2. The van der Waals surface area contributed by atoms with Crippen molar-refractivity contribution in [3.63, 3.8) is 0 Å². The quantitative estimate of drug-likeness (QED) is 0.337. The molecule has 2 aromatic carbocycles. The predicted molar refractivity (Wildman–Crippen MR) is 125 cm³/mol. The first kappa shape index (κ1) is 21.1. The number of carbonyl (C=O) groups excluding carboxylic acids is 1. The van der Waals surface area contributed by atoms with E-state index in [-0.39, 0.29) is 33.8 Å². The molecule has 2 aromatic heterocycles. The third-order valence-electron chi connectivity index (χ3n) is 4.71. The minimum atomic E-state index is -0.335. The fourth-order valence-corrected chi connectivity index (χ4v) is 4.85. The van der Waals surface area contributed by atoms with Crippen molar-refractivity contribution in [1.29, 1.82) is 0 Å². The summed E-state index contributed by atoms with van der Waals surface area (Å²) >= 11 is 2.48. The molecule has 0 aliphatic rings. The summed E-state index contributed by atoms with van der Waals surface area (Å²) in [5.74, 6) is -0.556. The van der Waals surface area contributed by atoms with Crippen LogP contribution in [0.4, 0.5) is 5.13 Å². The molecule has 2 heterocycles. The normalized spacial score (nSPS) is 11.0. The molecule has 0 atom stereocenters. The van der Waals surface area contributed by atoms with Crippen molar-refractivity contribution >= 4 is 44.4 Å². The largest absolute Gasteiger partial charge is 0.493 e. The number of thioether (sulfide) groups is 1. The SMILES string of the molecule is CCc1c(O)nc(SCC(=O)Nc2nc3ccccc3s2)n(-c2ccccc2C)c1=O. The highest BCUT2D eigenvalue weighted by Crippen LogP contribution is 2.27. The van der Waals surface area contributed by atoms with Crippen molar-refractivity contribution in [2.75, 3.05) is 11.1 Å². The number of carbonyl (C=O) groups is 1. The second kappa shape index (κ2) is 8.91. The summed E-state index contributed by atoms with van der Waals surface area (Å²) < 4.78 is 2.45. The number of nitrogens with zero attached hydrogens (tertiary/aromatic N) is 3. The number of benzene rings is 2. The highest BCUT2D eigenvalue weighted by atomic mass is 32.2. The molecule has 0 saturated heterocycles. The average Bonchev–Trinajstić information content (AvgIpc) is 3.15. The van der Waals surface area contributed by atoms with E-state index in [1.54, 1.807) is 6.92 Å². The molecule has 4 rings (SSSR count). The van der Waals surface area contributed by atoms with Crippen LogP contribution in [0.2, 0.25) is 0 Å². The molecule has 0 spiro atoms. The number of fused-ring (bicyclic) bond motifs is 1. The maximum absolute atomic E-state index is 13.1. The number of anilines is 1. The molecular weight excluding hydrogens is 432 g/mol. The van der Waals surface area contributed by atoms with Gasteiger partial charge in [-0.25, -0.2) is 4.98 Å². The van der Waals surface area contributed by atoms with Crippen molar-refractivity contribution in [2.45, 2.75) is 25.4 Å². The van der Waals surface area contributed by atoms with E-state index in [2.05, 4.69) is 15.3 Å². The number of para-hydroxylation sites is 2. The molecule has 0 saturated carbocycles. The monoisotopic (exact) mass is 452 g/mol. The van der Waals surface area contributed by atoms with E-state index in [0.717, 1.165) is 27.5 Å². The lowest BCUT2D eigenvalue weighted by molar-refractivity contribution is -0.113. The number of hydrogen-bond donors (Lipinski definition) is 2. The molecule has 0 bridgehead atoms. The van der Waals surface area contributed by atoms with Crippen molar-refractivity contribution in [3.8, 4) is 11.6 Å². The van der Waals surface area contributed by atoms with Gasteiger partial charge in [0, 0.05) is 0 Å². The molecule has 0 unspecified atom stereocenters. The summed E-state index contributed by atoms with van der Waals surface area (Å²) in [6.07, 6.45) is 0.354. The Morgan fingerprint density at radius 1 is 1.16 bits per heavy atom. The topological polar surface area (TPSA) is 97.1 Å². The number of amides is 1. The van der Waals surface area contributed by atoms with Gasteiger partial charge in [-0.3, -0.25) is 14.2 Å². The van der Waals surface area contributed by atoms with E-state index in [1.165, 1.54) is 15.9 Å². The smallest absolute Gasteiger partial charge is 0.265 e. The van der Waals surface area contributed by atoms with Gasteiger partial charge in [0.2, 0.25) is 11.8 Å². The lowest BCUT2D eigenvalue weighted by atomic mass is 10.2. The number of thiazole rings is 1. The van der Waals surface area contributed by atoms with Gasteiger partial charge in [0.15, 0.2) is 10.3 Å². The second-order valence-electron chi connectivity index (χ2n) is 6.80. The van der Waals surface area contributed by atoms with Crippen LogP contribution in [0.15, 0.2) is 58.5 Å². The van der Waals surface area contributed by atoms with Crippen LogP contribution < -0.4 is 10.9 Å². The Hall–Kier alpha value is -3.17. The molecule has 9 heteroatoms. The van der Waals surface area contributed by atoms with Crippen LogP contribution in [0, 0.1) is 6.92 Å². The highest BCUT2D eigenvalue weighted by molar-refractivity contribution is 7.99. The van der Waals surface area contributed by atoms with Crippen LogP contribution in [0.25, 0.3) is 15.9 Å². The molecule has 7 nitrogen and oxygen atoms in total. The Labute approximate surface area is 186 Å². The minimum Gasteiger partial charge on any atom is -0.493 e. The molecule has 158 valence electrons. The summed E-state index contributed by atoms with van der Waals surface area (Å²) in [5.41, 5.74) is 2.29. The summed E-state index contributed by atoms with van der Waals surface area (Å²) in [6, 6.07) is 15.1. The zero-order valence-electron chi connectivity index (χ0n) is 17.0. The van der Waals surface area contributed by atoms with Crippen molar-refractivity contribution < 1.29 is 9.90 Å². The van der Waals surface area contributed by atoms with Crippen molar-refractivity contribution in [1.82, 2.24) is 14.5 Å². The van der Waals surface area contributed by atoms with Crippen LogP contribution >= 0.6 is 23.1 Å². The van der Waals surface area contributed by atoms with Gasteiger partial charge in [-0.05, 0) is 37.1 Å². The van der Waals surface area contributed by atoms with Gasteiger partial charge in [0.25, 0.3) is 5.56 Å². The van der Waals surface area contributed by atoms with Gasteiger partial charge in [0.1, 0.15) is 0 Å². The maximum atomic E-state index is 13.1. The molecule has 31 heavy (non-hydrogen) atoms. The van der Waals surface area contributed by atoms with Gasteiger partial charge in [-0.1, -0.05) is 60.4 Å². The van der Waals surface area contributed by atoms with E-state index >= 15 is 0 Å². The third kappa shape index (κ3) is 4.33. The molecule has 0 aliphatic carbocycles. The van der Waals surface area contributed by atoms with Gasteiger partial charge in [-0.15, -0.1) is 0 Å². The van der Waals surface area contributed by atoms with E-state index in [0.29, 0.717) is 17.2 Å². The zero-order valence-corrected chi connectivity index (χ0v) is 18.6. The second-order valence-corrected chi connectivity index (χ2v) is 8.77. The Kier molecular flexibility index (Phi) is 6.06. The fourth-order valence-electron chi connectivity index (χ4n) is 3.17. The lowest BCUT2D eigenvalue weighted by Gasteiger charge is -2.15. The molecule has 1 amide bonds. The van der Waals surface area contributed by atoms with E-state index < -0.39 is 0 Å². The molecule has 0 radical (unpaired) electrons. The first-order valence-corrected chi connectivity index (χ1v) is 11.5. The van der Waals surface area contributed by atoms with Crippen LogP contribution in [0.5, 0.6) is 5.88 Å². The molecule has 0 fully saturated rings. The molecule has 0 aliphatic heterocycles. The zero-order chi connectivity index (χ0) is 22.0. The van der Waals surface area contributed by atoms with Gasteiger partial charge in [0.05, 0.1) is 27.2 Å². The first-order chi connectivity index (χ1) is 15.0. The van der Waals surface area contributed by atoms with Crippen LogP contribution in [0.3, 0.4) is 0 Å². The predicted octanol–water partition coefficient (Wildman–Crippen LogP) is 4.15. The Morgan fingerprint density at radius 2 is 1.90 bits per heavy atom. The van der Waals surface area contributed by atoms with Gasteiger partial charge in [-0.2, -0.15) is 4.98 Å². The lowest BCUT2D eigenvalue weighted by Crippen LogP contribution is -2.26.